The lowest BCUT2D eigenvalue weighted by molar-refractivity contribution is -0.115. The van der Waals surface area contributed by atoms with Crippen molar-refractivity contribution in [1.82, 2.24) is 5.32 Å². The lowest BCUT2D eigenvalue weighted by Gasteiger charge is -2.13. The first-order valence-corrected chi connectivity index (χ1v) is 12.9. The van der Waals surface area contributed by atoms with E-state index in [1.54, 1.807) is 78.9 Å². The number of rotatable bonds is 9. The van der Waals surface area contributed by atoms with Gasteiger partial charge in [0.25, 0.3) is 11.8 Å². The van der Waals surface area contributed by atoms with Crippen molar-refractivity contribution in [2.75, 3.05) is 10.6 Å². The predicted octanol–water partition coefficient (Wildman–Crippen LogP) is 6.46. The summed E-state index contributed by atoms with van der Waals surface area (Å²) < 4.78 is 5.32. The summed E-state index contributed by atoms with van der Waals surface area (Å²) in [6, 6.07) is 26.0. The molecule has 1 atom stereocenters. The molecule has 0 bridgehead atoms. The van der Waals surface area contributed by atoms with Gasteiger partial charge in [-0.1, -0.05) is 29.8 Å². The molecule has 1 aromatic heterocycles. The first kappa shape index (κ1) is 26.8. The number of halogens is 1. The van der Waals surface area contributed by atoms with Crippen molar-refractivity contribution < 1.29 is 18.8 Å². The van der Waals surface area contributed by atoms with Crippen molar-refractivity contribution >= 4 is 58.5 Å². The molecule has 0 saturated heterocycles. The van der Waals surface area contributed by atoms with Crippen LogP contribution in [0.15, 0.2) is 112 Å². The fourth-order valence-electron chi connectivity index (χ4n) is 3.31. The third-order valence-corrected chi connectivity index (χ3v) is 6.63. The SMILES string of the molecule is CC(Sc1ccc(NC(=O)/C(=C/c2ccco2)NC(=O)c2ccccc2)cc1)C(=O)Nc1ccc(Cl)cc1. The normalized spacial score (nSPS) is 11.9. The molecule has 1 heterocycles. The van der Waals surface area contributed by atoms with Gasteiger partial charge in [0.1, 0.15) is 11.5 Å². The summed E-state index contributed by atoms with van der Waals surface area (Å²) in [5.41, 5.74) is 1.64. The van der Waals surface area contributed by atoms with Gasteiger partial charge in [-0.15, -0.1) is 11.8 Å². The van der Waals surface area contributed by atoms with Gasteiger partial charge < -0.3 is 20.4 Å². The summed E-state index contributed by atoms with van der Waals surface area (Å²) in [7, 11) is 0. The molecule has 0 saturated carbocycles. The molecule has 3 amide bonds. The number of hydrogen-bond donors (Lipinski definition) is 3. The number of carbonyl (C=O) groups excluding carboxylic acids is 3. The van der Waals surface area contributed by atoms with Gasteiger partial charge in [-0.05, 0) is 79.7 Å². The van der Waals surface area contributed by atoms with Crippen molar-refractivity contribution in [2.24, 2.45) is 0 Å². The number of carbonyl (C=O) groups is 3. The van der Waals surface area contributed by atoms with Gasteiger partial charge in [0.05, 0.1) is 11.5 Å². The lowest BCUT2D eigenvalue weighted by atomic mass is 10.2. The van der Waals surface area contributed by atoms with Crippen LogP contribution in [0.25, 0.3) is 6.08 Å². The molecule has 0 aliphatic heterocycles. The lowest BCUT2D eigenvalue weighted by Crippen LogP contribution is -2.30. The maximum absolute atomic E-state index is 13.1. The molecule has 3 aromatic carbocycles. The molecule has 3 N–H and O–H groups in total. The van der Waals surface area contributed by atoms with Gasteiger partial charge >= 0.3 is 0 Å². The summed E-state index contributed by atoms with van der Waals surface area (Å²) in [6.45, 7) is 1.81. The molecule has 9 heteroatoms. The van der Waals surface area contributed by atoms with Crippen LogP contribution in [0.1, 0.15) is 23.0 Å². The topological polar surface area (TPSA) is 100 Å². The Morgan fingerprint density at radius 3 is 2.16 bits per heavy atom. The quantitative estimate of drug-likeness (QED) is 0.165. The Hall–Kier alpha value is -4.27. The van der Waals surface area contributed by atoms with E-state index in [1.807, 2.05) is 19.1 Å². The average Bonchev–Trinajstić information content (AvgIpc) is 3.44. The van der Waals surface area contributed by atoms with Crippen LogP contribution in [0.3, 0.4) is 0 Å². The fourth-order valence-corrected chi connectivity index (χ4v) is 4.30. The molecule has 0 radical (unpaired) electrons. The highest BCUT2D eigenvalue weighted by atomic mass is 35.5. The number of furan rings is 1. The number of benzene rings is 3. The number of hydrogen-bond acceptors (Lipinski definition) is 5. The maximum atomic E-state index is 13.1. The Morgan fingerprint density at radius 1 is 0.842 bits per heavy atom. The summed E-state index contributed by atoms with van der Waals surface area (Å²) >= 11 is 7.28. The molecular formula is C29H24ClN3O4S. The van der Waals surface area contributed by atoms with Gasteiger partial charge in [0.15, 0.2) is 0 Å². The monoisotopic (exact) mass is 545 g/mol. The zero-order valence-electron chi connectivity index (χ0n) is 20.3. The highest BCUT2D eigenvalue weighted by Gasteiger charge is 2.17. The van der Waals surface area contributed by atoms with Gasteiger partial charge in [0.2, 0.25) is 5.91 Å². The first-order chi connectivity index (χ1) is 18.4. The van der Waals surface area contributed by atoms with Crippen LogP contribution in [0, 0.1) is 0 Å². The molecule has 4 aromatic rings. The van der Waals surface area contributed by atoms with Gasteiger partial charge in [0, 0.05) is 32.9 Å². The molecule has 0 aliphatic rings. The van der Waals surface area contributed by atoms with E-state index < -0.39 is 11.8 Å². The average molecular weight is 546 g/mol. The highest BCUT2D eigenvalue weighted by Crippen LogP contribution is 2.26. The second kappa shape index (κ2) is 12.8. The smallest absolute Gasteiger partial charge is 0.272 e. The zero-order valence-corrected chi connectivity index (χ0v) is 21.9. The third-order valence-electron chi connectivity index (χ3n) is 5.26. The largest absolute Gasteiger partial charge is 0.465 e. The first-order valence-electron chi connectivity index (χ1n) is 11.6. The Kier molecular flexibility index (Phi) is 9.02. The Balaban J connectivity index is 1.39. The molecule has 0 aliphatic carbocycles. The van der Waals surface area contributed by atoms with E-state index in [0.717, 1.165) is 4.90 Å². The third kappa shape index (κ3) is 7.61. The van der Waals surface area contributed by atoms with Gasteiger partial charge in [-0.25, -0.2) is 0 Å². The Bertz CT molecular complexity index is 1420. The minimum atomic E-state index is -0.512. The molecule has 0 spiro atoms. The molecule has 192 valence electrons. The van der Waals surface area contributed by atoms with Crippen LogP contribution < -0.4 is 16.0 Å². The number of amides is 3. The van der Waals surface area contributed by atoms with Crippen LogP contribution >= 0.6 is 23.4 Å². The van der Waals surface area contributed by atoms with Crippen LogP contribution in [0.4, 0.5) is 11.4 Å². The summed E-state index contributed by atoms with van der Waals surface area (Å²) in [4.78, 5) is 39.1. The van der Waals surface area contributed by atoms with E-state index in [9.17, 15) is 14.4 Å². The van der Waals surface area contributed by atoms with Crippen molar-refractivity contribution in [2.45, 2.75) is 17.1 Å². The van der Waals surface area contributed by atoms with E-state index in [2.05, 4.69) is 16.0 Å². The van der Waals surface area contributed by atoms with Crippen molar-refractivity contribution in [3.63, 3.8) is 0 Å². The summed E-state index contributed by atoms with van der Waals surface area (Å²) in [5, 5.41) is 8.55. The molecule has 4 rings (SSSR count). The van der Waals surface area contributed by atoms with Crippen molar-refractivity contribution in [1.29, 1.82) is 0 Å². The van der Waals surface area contributed by atoms with Crippen LogP contribution in [-0.4, -0.2) is 23.0 Å². The van der Waals surface area contributed by atoms with E-state index >= 15 is 0 Å². The Labute approximate surface area is 229 Å². The fraction of sp³-hybridized carbons (Fsp3) is 0.0690. The molecule has 38 heavy (non-hydrogen) atoms. The predicted molar refractivity (Wildman–Crippen MR) is 151 cm³/mol. The Morgan fingerprint density at radius 2 is 1.50 bits per heavy atom. The second-order valence-electron chi connectivity index (χ2n) is 8.13. The summed E-state index contributed by atoms with van der Waals surface area (Å²) in [6.07, 6.45) is 2.94. The maximum Gasteiger partial charge on any atom is 0.272 e. The minimum absolute atomic E-state index is 0.0275. The van der Waals surface area contributed by atoms with Gasteiger partial charge in [-0.2, -0.15) is 0 Å². The number of thioether (sulfide) groups is 1. The number of anilines is 2. The van der Waals surface area contributed by atoms with Crippen LogP contribution in [-0.2, 0) is 9.59 Å². The molecule has 0 fully saturated rings. The van der Waals surface area contributed by atoms with Crippen LogP contribution in [0.2, 0.25) is 5.02 Å². The minimum Gasteiger partial charge on any atom is -0.465 e. The standard InChI is InChI=1S/C29H24ClN3O4S/c1-19(27(34)31-22-11-9-21(30)10-12-22)38-25-15-13-23(14-16-25)32-29(36)26(18-24-8-5-17-37-24)33-28(35)20-6-3-2-4-7-20/h2-19H,1H3,(H,31,34)(H,32,36)(H,33,35)/b26-18-. The molecule has 7 nitrogen and oxygen atoms in total. The van der Waals surface area contributed by atoms with Crippen LogP contribution in [0.5, 0.6) is 0 Å². The number of nitrogens with one attached hydrogen (secondary N) is 3. The van der Waals surface area contributed by atoms with E-state index in [4.69, 9.17) is 16.0 Å². The van der Waals surface area contributed by atoms with E-state index in [0.29, 0.717) is 27.7 Å². The van der Waals surface area contributed by atoms with Crippen molar-refractivity contribution in [3.05, 3.63) is 119 Å². The van der Waals surface area contributed by atoms with E-state index in [-0.39, 0.29) is 16.9 Å². The summed E-state index contributed by atoms with van der Waals surface area (Å²) in [5.74, 6) is -0.657. The van der Waals surface area contributed by atoms with Crippen molar-refractivity contribution in [3.8, 4) is 0 Å². The molecular weight excluding hydrogens is 522 g/mol. The highest BCUT2D eigenvalue weighted by molar-refractivity contribution is 8.00. The molecule has 1 unspecified atom stereocenters. The van der Waals surface area contributed by atoms with Gasteiger partial charge in [-0.3, -0.25) is 14.4 Å². The second-order valence-corrected chi connectivity index (χ2v) is 9.98. The zero-order chi connectivity index (χ0) is 26.9. The van der Waals surface area contributed by atoms with E-state index in [1.165, 1.54) is 24.1 Å².